The van der Waals surface area contributed by atoms with Gasteiger partial charge in [-0.15, -0.1) is 0 Å². The summed E-state index contributed by atoms with van der Waals surface area (Å²) in [7, 11) is -4.19. The molecule has 1 fully saturated rings. The molecule has 0 N–H and O–H groups in total. The van der Waals surface area contributed by atoms with Crippen molar-refractivity contribution in [2.45, 2.75) is 18.7 Å². The zero-order chi connectivity index (χ0) is 18.2. The Morgan fingerprint density at radius 3 is 2.12 bits per heavy atom. The molecule has 0 spiro atoms. The van der Waals surface area contributed by atoms with Crippen LogP contribution in [-0.2, 0) is 10.0 Å². The van der Waals surface area contributed by atoms with E-state index in [9.17, 15) is 17.2 Å². The normalized spacial score (nSPS) is 16.2. The maximum absolute atomic E-state index is 13.9. The molecule has 7 heteroatoms. The van der Waals surface area contributed by atoms with Crippen molar-refractivity contribution in [3.63, 3.8) is 0 Å². The van der Waals surface area contributed by atoms with Gasteiger partial charge in [-0.3, -0.25) is 0 Å². The van der Waals surface area contributed by atoms with Crippen molar-refractivity contribution >= 4 is 15.7 Å². The third-order valence-corrected chi connectivity index (χ3v) is 6.41. The van der Waals surface area contributed by atoms with Crippen LogP contribution >= 0.6 is 0 Å². The molecule has 0 amide bonds. The van der Waals surface area contributed by atoms with E-state index in [1.54, 1.807) is 0 Å². The van der Waals surface area contributed by atoms with Gasteiger partial charge in [-0.25, -0.2) is 17.2 Å². The van der Waals surface area contributed by atoms with Crippen molar-refractivity contribution in [3.05, 3.63) is 59.2 Å². The fourth-order valence-electron chi connectivity index (χ4n) is 3.09. The Balaban J connectivity index is 1.81. The summed E-state index contributed by atoms with van der Waals surface area (Å²) >= 11 is 0. The van der Waals surface area contributed by atoms with E-state index >= 15 is 0 Å². The third kappa shape index (κ3) is 3.39. The predicted molar refractivity (Wildman–Crippen MR) is 93.2 cm³/mol. The molecule has 1 aliphatic rings. The molecule has 3 rings (SSSR count). The molecule has 1 saturated heterocycles. The van der Waals surface area contributed by atoms with E-state index in [0.717, 1.165) is 39.3 Å². The molecule has 0 atom stereocenters. The molecule has 0 bridgehead atoms. The van der Waals surface area contributed by atoms with Crippen molar-refractivity contribution in [1.82, 2.24) is 4.31 Å². The van der Waals surface area contributed by atoms with E-state index in [2.05, 4.69) is 11.0 Å². The highest BCUT2D eigenvalue weighted by Gasteiger charge is 2.33. The fourth-order valence-corrected chi connectivity index (χ4v) is 4.62. The van der Waals surface area contributed by atoms with Gasteiger partial charge in [0.15, 0.2) is 4.90 Å². The molecule has 0 aliphatic carbocycles. The largest absolute Gasteiger partial charge is 0.369 e. The number of piperazine rings is 1. The van der Waals surface area contributed by atoms with Gasteiger partial charge in [-0.2, -0.15) is 4.31 Å². The molecule has 0 unspecified atom stereocenters. The van der Waals surface area contributed by atoms with Crippen LogP contribution in [0.5, 0.6) is 0 Å². The summed E-state index contributed by atoms with van der Waals surface area (Å²) in [6.45, 7) is 5.32. The molecular formula is C18H20F2N2O2S. The fraction of sp³-hybridized carbons (Fsp3) is 0.333. The van der Waals surface area contributed by atoms with Crippen molar-refractivity contribution in [3.8, 4) is 0 Å². The average Bonchev–Trinajstić information content (AvgIpc) is 2.57. The monoisotopic (exact) mass is 366 g/mol. The molecule has 1 heterocycles. The van der Waals surface area contributed by atoms with Crippen LogP contribution in [0.3, 0.4) is 0 Å². The minimum absolute atomic E-state index is 0.184. The average molecular weight is 366 g/mol. The minimum Gasteiger partial charge on any atom is -0.369 e. The summed E-state index contributed by atoms with van der Waals surface area (Å²) in [5.74, 6) is -2.12. The number of sulfonamides is 1. The molecule has 134 valence electrons. The Bertz CT molecular complexity index is 872. The molecule has 0 aromatic heterocycles. The number of anilines is 1. The maximum Gasteiger partial charge on any atom is 0.249 e. The van der Waals surface area contributed by atoms with Gasteiger partial charge < -0.3 is 4.90 Å². The number of hydrogen-bond acceptors (Lipinski definition) is 3. The first kappa shape index (κ1) is 17.8. The summed E-state index contributed by atoms with van der Waals surface area (Å²) in [4.78, 5) is 1.24. The summed E-state index contributed by atoms with van der Waals surface area (Å²) in [6.07, 6.45) is 0. The maximum atomic E-state index is 13.9. The van der Waals surface area contributed by atoms with Gasteiger partial charge in [0.1, 0.15) is 11.6 Å². The summed E-state index contributed by atoms with van der Waals surface area (Å²) < 4.78 is 54.2. The zero-order valence-corrected chi connectivity index (χ0v) is 15.0. The van der Waals surface area contributed by atoms with Gasteiger partial charge in [-0.05, 0) is 43.2 Å². The van der Waals surface area contributed by atoms with Gasteiger partial charge in [-0.1, -0.05) is 18.2 Å². The second-order valence-electron chi connectivity index (χ2n) is 6.23. The predicted octanol–water partition coefficient (Wildman–Crippen LogP) is 3.09. The number of halogens is 2. The smallest absolute Gasteiger partial charge is 0.249 e. The molecule has 4 nitrogen and oxygen atoms in total. The highest BCUT2D eigenvalue weighted by atomic mass is 32.2. The molecule has 25 heavy (non-hydrogen) atoms. The Morgan fingerprint density at radius 1 is 0.920 bits per heavy atom. The molecule has 2 aromatic carbocycles. The van der Waals surface area contributed by atoms with Gasteiger partial charge in [0.2, 0.25) is 10.0 Å². The van der Waals surface area contributed by atoms with E-state index in [1.165, 1.54) is 0 Å². The standard InChI is InChI=1S/C18H20F2N2O2S/c1-13-6-7-14(2)17(12-13)21-8-10-22(11-9-21)25(23,24)18-15(19)4-3-5-16(18)20/h3-7,12H,8-11H2,1-2H3. The SMILES string of the molecule is Cc1ccc(C)c(N2CCN(S(=O)(=O)c3c(F)cccc3F)CC2)c1. The Labute approximate surface area is 146 Å². The number of aryl methyl sites for hydroxylation is 2. The molecule has 2 aromatic rings. The van der Waals surface area contributed by atoms with E-state index in [4.69, 9.17) is 0 Å². The summed E-state index contributed by atoms with van der Waals surface area (Å²) in [5.41, 5.74) is 3.31. The van der Waals surface area contributed by atoms with Crippen molar-refractivity contribution in [1.29, 1.82) is 0 Å². The van der Waals surface area contributed by atoms with Crippen molar-refractivity contribution < 1.29 is 17.2 Å². The Morgan fingerprint density at radius 2 is 1.52 bits per heavy atom. The highest BCUT2D eigenvalue weighted by Crippen LogP contribution is 2.26. The van der Waals surface area contributed by atoms with E-state index in [1.807, 2.05) is 26.0 Å². The van der Waals surface area contributed by atoms with Crippen LogP contribution in [0, 0.1) is 25.5 Å². The van der Waals surface area contributed by atoms with Crippen LogP contribution in [-0.4, -0.2) is 38.9 Å². The third-order valence-electron chi connectivity index (χ3n) is 4.46. The Hall–Kier alpha value is -1.99. The van der Waals surface area contributed by atoms with Crippen LogP contribution in [0.4, 0.5) is 14.5 Å². The molecular weight excluding hydrogens is 346 g/mol. The molecule has 1 aliphatic heterocycles. The molecule has 0 saturated carbocycles. The van der Waals surface area contributed by atoms with Gasteiger partial charge in [0, 0.05) is 31.9 Å². The second-order valence-corrected chi connectivity index (χ2v) is 8.11. The lowest BCUT2D eigenvalue weighted by molar-refractivity contribution is 0.378. The lowest BCUT2D eigenvalue weighted by atomic mass is 10.1. The lowest BCUT2D eigenvalue weighted by Gasteiger charge is -2.36. The summed E-state index contributed by atoms with van der Waals surface area (Å²) in [5, 5.41) is 0. The first-order chi connectivity index (χ1) is 11.8. The van der Waals surface area contributed by atoms with Crippen LogP contribution in [0.2, 0.25) is 0 Å². The van der Waals surface area contributed by atoms with Gasteiger partial charge >= 0.3 is 0 Å². The first-order valence-corrected chi connectivity index (χ1v) is 9.51. The highest BCUT2D eigenvalue weighted by molar-refractivity contribution is 7.89. The molecule has 0 radical (unpaired) electrons. The Kier molecular flexibility index (Phi) is 4.79. The quantitative estimate of drug-likeness (QED) is 0.838. The number of hydrogen-bond donors (Lipinski definition) is 0. The summed E-state index contributed by atoms with van der Waals surface area (Å²) in [6, 6.07) is 9.20. The topological polar surface area (TPSA) is 40.6 Å². The number of nitrogens with zero attached hydrogens (tertiary/aromatic N) is 2. The second kappa shape index (κ2) is 6.72. The van der Waals surface area contributed by atoms with Crippen molar-refractivity contribution in [2.75, 3.05) is 31.1 Å². The minimum atomic E-state index is -4.19. The van der Waals surface area contributed by atoms with Crippen molar-refractivity contribution in [2.24, 2.45) is 0 Å². The lowest BCUT2D eigenvalue weighted by Crippen LogP contribution is -2.49. The first-order valence-electron chi connectivity index (χ1n) is 8.07. The van der Waals surface area contributed by atoms with E-state index in [0.29, 0.717) is 13.1 Å². The van der Waals surface area contributed by atoms with Crippen LogP contribution in [0.15, 0.2) is 41.3 Å². The van der Waals surface area contributed by atoms with E-state index < -0.39 is 26.6 Å². The number of benzene rings is 2. The van der Waals surface area contributed by atoms with E-state index in [-0.39, 0.29) is 13.1 Å². The van der Waals surface area contributed by atoms with Crippen LogP contribution < -0.4 is 4.90 Å². The van der Waals surface area contributed by atoms with Gasteiger partial charge in [0.05, 0.1) is 0 Å². The van der Waals surface area contributed by atoms with Gasteiger partial charge in [0.25, 0.3) is 0 Å². The number of rotatable bonds is 3. The zero-order valence-electron chi connectivity index (χ0n) is 14.2. The van der Waals surface area contributed by atoms with Crippen LogP contribution in [0.25, 0.3) is 0 Å². The van der Waals surface area contributed by atoms with Crippen LogP contribution in [0.1, 0.15) is 11.1 Å².